The lowest BCUT2D eigenvalue weighted by Gasteiger charge is -2.37. The number of nitrogens with one attached hydrogen (secondary N) is 1. The molecule has 2 heterocycles. The molecule has 2 fully saturated rings. The molecule has 0 aromatic heterocycles. The lowest BCUT2D eigenvalue weighted by Crippen LogP contribution is -2.48. The number of hydrogen-bond donors (Lipinski definition) is 1. The van der Waals surface area contributed by atoms with Gasteiger partial charge in [-0.3, -0.25) is 4.99 Å². The highest BCUT2D eigenvalue weighted by Gasteiger charge is 2.33. The summed E-state index contributed by atoms with van der Waals surface area (Å²) in [5.74, 6) is 0.994. The van der Waals surface area contributed by atoms with Gasteiger partial charge in [-0.15, -0.1) is 24.0 Å². The molecule has 0 saturated carbocycles. The Morgan fingerprint density at radius 1 is 1.19 bits per heavy atom. The van der Waals surface area contributed by atoms with Gasteiger partial charge in [-0.25, -0.2) is 0 Å². The first-order valence-electron chi connectivity index (χ1n) is 9.99. The molecular formula is C19H38IN3O4. The predicted molar refractivity (Wildman–Crippen MR) is 118 cm³/mol. The number of methoxy groups -OCH3 is 2. The van der Waals surface area contributed by atoms with E-state index >= 15 is 0 Å². The van der Waals surface area contributed by atoms with Crippen LogP contribution in [-0.4, -0.2) is 89.4 Å². The van der Waals surface area contributed by atoms with E-state index in [4.69, 9.17) is 23.9 Å². The molecule has 7 nitrogen and oxygen atoms in total. The second kappa shape index (κ2) is 13.9. The standard InChI is InChI=1S/C19H37N3O4.HI/c1-4-20-18(21-16-19(24-3)8-14-25-15-9-19)22-10-6-17(7-11-22)26-13-5-12-23-2;/h17H,4-16H2,1-3H3,(H,20,21);1H. The van der Waals surface area contributed by atoms with Crippen molar-refractivity contribution in [3.63, 3.8) is 0 Å². The Balaban J connectivity index is 0.00000364. The number of rotatable bonds is 9. The van der Waals surface area contributed by atoms with Gasteiger partial charge in [0.25, 0.3) is 0 Å². The van der Waals surface area contributed by atoms with Crippen LogP contribution in [0.4, 0.5) is 0 Å². The molecule has 1 N–H and O–H groups in total. The van der Waals surface area contributed by atoms with Crippen LogP contribution < -0.4 is 5.32 Å². The van der Waals surface area contributed by atoms with Gasteiger partial charge in [0.15, 0.2) is 5.96 Å². The maximum atomic E-state index is 5.96. The monoisotopic (exact) mass is 499 g/mol. The van der Waals surface area contributed by atoms with Gasteiger partial charge < -0.3 is 29.2 Å². The maximum Gasteiger partial charge on any atom is 0.194 e. The van der Waals surface area contributed by atoms with Crippen LogP contribution in [0.1, 0.15) is 39.0 Å². The molecule has 2 saturated heterocycles. The summed E-state index contributed by atoms with van der Waals surface area (Å²) in [6.45, 7) is 8.68. The molecule has 0 atom stereocenters. The summed E-state index contributed by atoms with van der Waals surface area (Å²) in [7, 11) is 3.52. The molecule has 0 amide bonds. The van der Waals surface area contributed by atoms with Crippen molar-refractivity contribution in [1.82, 2.24) is 10.2 Å². The van der Waals surface area contributed by atoms with E-state index in [0.717, 1.165) is 84.1 Å². The molecule has 0 spiro atoms. The fourth-order valence-corrected chi connectivity index (χ4v) is 3.50. The van der Waals surface area contributed by atoms with Crippen LogP contribution in [0.2, 0.25) is 0 Å². The fourth-order valence-electron chi connectivity index (χ4n) is 3.50. The third kappa shape index (κ3) is 8.39. The normalized spacial score (nSPS) is 21.0. The van der Waals surface area contributed by atoms with Crippen LogP contribution in [0.25, 0.3) is 0 Å². The zero-order valence-electron chi connectivity index (χ0n) is 17.2. The Hall–Kier alpha value is -0.160. The molecule has 0 aliphatic carbocycles. The predicted octanol–water partition coefficient (Wildman–Crippen LogP) is 2.28. The molecule has 2 aliphatic rings. The first-order chi connectivity index (χ1) is 12.7. The van der Waals surface area contributed by atoms with Crippen molar-refractivity contribution in [3.05, 3.63) is 0 Å². The first-order valence-corrected chi connectivity index (χ1v) is 9.99. The highest BCUT2D eigenvalue weighted by molar-refractivity contribution is 14.0. The maximum absolute atomic E-state index is 5.96. The average molecular weight is 499 g/mol. The Morgan fingerprint density at radius 3 is 2.48 bits per heavy atom. The van der Waals surface area contributed by atoms with Gasteiger partial charge in [0.1, 0.15) is 0 Å². The number of ether oxygens (including phenoxy) is 4. The van der Waals surface area contributed by atoms with Gasteiger partial charge in [-0.05, 0) is 26.2 Å². The molecule has 2 rings (SSSR count). The van der Waals surface area contributed by atoms with Crippen molar-refractivity contribution in [2.75, 3.05) is 66.8 Å². The van der Waals surface area contributed by atoms with Crippen molar-refractivity contribution >= 4 is 29.9 Å². The third-order valence-corrected chi connectivity index (χ3v) is 5.28. The minimum Gasteiger partial charge on any atom is -0.385 e. The summed E-state index contributed by atoms with van der Waals surface area (Å²) >= 11 is 0. The molecule has 0 aromatic carbocycles. The van der Waals surface area contributed by atoms with Crippen molar-refractivity contribution < 1.29 is 18.9 Å². The van der Waals surface area contributed by atoms with Gasteiger partial charge >= 0.3 is 0 Å². The van der Waals surface area contributed by atoms with Crippen LogP contribution in [0.15, 0.2) is 4.99 Å². The van der Waals surface area contributed by atoms with E-state index in [1.165, 1.54) is 0 Å². The molecule has 0 radical (unpaired) electrons. The number of likely N-dealkylation sites (tertiary alicyclic amines) is 1. The molecule has 0 bridgehead atoms. The second-order valence-corrected chi connectivity index (χ2v) is 7.07. The SMILES string of the molecule is CCNC(=NCC1(OC)CCOCC1)N1CCC(OCCCOC)CC1.I. The van der Waals surface area contributed by atoms with E-state index in [1.54, 1.807) is 14.2 Å². The molecule has 0 aromatic rings. The smallest absolute Gasteiger partial charge is 0.194 e. The van der Waals surface area contributed by atoms with Gasteiger partial charge in [-0.1, -0.05) is 0 Å². The highest BCUT2D eigenvalue weighted by Crippen LogP contribution is 2.25. The summed E-state index contributed by atoms with van der Waals surface area (Å²) in [4.78, 5) is 7.26. The van der Waals surface area contributed by atoms with Gasteiger partial charge in [0.05, 0.1) is 18.2 Å². The lowest BCUT2D eigenvalue weighted by atomic mass is 9.94. The fraction of sp³-hybridized carbons (Fsp3) is 0.947. The Morgan fingerprint density at radius 2 is 1.89 bits per heavy atom. The van der Waals surface area contributed by atoms with Crippen molar-refractivity contribution in [3.8, 4) is 0 Å². The number of halogens is 1. The summed E-state index contributed by atoms with van der Waals surface area (Å²) in [6, 6.07) is 0. The summed E-state index contributed by atoms with van der Waals surface area (Å²) < 4.78 is 22.3. The first kappa shape index (κ1) is 24.9. The van der Waals surface area contributed by atoms with E-state index < -0.39 is 0 Å². The number of nitrogens with zero attached hydrogens (tertiary/aromatic N) is 2. The van der Waals surface area contributed by atoms with E-state index in [2.05, 4.69) is 17.1 Å². The summed E-state index contributed by atoms with van der Waals surface area (Å²) in [5, 5.41) is 3.44. The van der Waals surface area contributed by atoms with Gasteiger partial charge in [0, 0.05) is 73.1 Å². The van der Waals surface area contributed by atoms with Gasteiger partial charge in [0.2, 0.25) is 0 Å². The second-order valence-electron chi connectivity index (χ2n) is 7.07. The van der Waals surface area contributed by atoms with Crippen LogP contribution in [0, 0.1) is 0 Å². The number of guanidine groups is 1. The molecule has 27 heavy (non-hydrogen) atoms. The molecule has 0 unspecified atom stereocenters. The highest BCUT2D eigenvalue weighted by atomic mass is 127. The van der Waals surface area contributed by atoms with Crippen molar-refractivity contribution in [2.24, 2.45) is 4.99 Å². The molecular weight excluding hydrogens is 461 g/mol. The molecule has 2 aliphatic heterocycles. The quantitative estimate of drug-likeness (QED) is 0.227. The Labute approximate surface area is 181 Å². The topological polar surface area (TPSA) is 64.6 Å². The largest absolute Gasteiger partial charge is 0.385 e. The Kier molecular flexibility index (Phi) is 12.8. The van der Waals surface area contributed by atoms with Crippen LogP contribution in [0.3, 0.4) is 0 Å². The van der Waals surface area contributed by atoms with E-state index in [-0.39, 0.29) is 29.6 Å². The zero-order valence-corrected chi connectivity index (χ0v) is 19.5. The molecule has 160 valence electrons. The lowest BCUT2D eigenvalue weighted by molar-refractivity contribution is -0.0830. The minimum atomic E-state index is -0.179. The molecule has 8 heteroatoms. The Bertz CT molecular complexity index is 412. The number of aliphatic imine (C=N–C) groups is 1. The van der Waals surface area contributed by atoms with Gasteiger partial charge in [-0.2, -0.15) is 0 Å². The van der Waals surface area contributed by atoms with E-state index in [0.29, 0.717) is 12.6 Å². The van der Waals surface area contributed by atoms with Crippen LogP contribution in [0.5, 0.6) is 0 Å². The van der Waals surface area contributed by atoms with Crippen molar-refractivity contribution in [2.45, 2.75) is 50.7 Å². The minimum absolute atomic E-state index is 0. The van der Waals surface area contributed by atoms with E-state index in [9.17, 15) is 0 Å². The summed E-state index contributed by atoms with van der Waals surface area (Å²) in [6.07, 6.45) is 5.21. The summed E-state index contributed by atoms with van der Waals surface area (Å²) in [5.41, 5.74) is -0.179. The van der Waals surface area contributed by atoms with E-state index in [1.807, 2.05) is 0 Å². The van der Waals surface area contributed by atoms with Crippen LogP contribution >= 0.6 is 24.0 Å². The zero-order chi connectivity index (χ0) is 18.7. The van der Waals surface area contributed by atoms with Crippen molar-refractivity contribution in [1.29, 1.82) is 0 Å². The third-order valence-electron chi connectivity index (χ3n) is 5.28. The average Bonchev–Trinajstić information content (AvgIpc) is 2.70. The number of hydrogen-bond acceptors (Lipinski definition) is 5. The number of piperidine rings is 1. The van der Waals surface area contributed by atoms with Crippen LogP contribution in [-0.2, 0) is 18.9 Å².